The minimum atomic E-state index is -1.02. The molecule has 0 atom stereocenters. The van der Waals surface area contributed by atoms with Gasteiger partial charge in [0.15, 0.2) is 6.61 Å². The van der Waals surface area contributed by atoms with E-state index < -0.39 is 23.5 Å². The van der Waals surface area contributed by atoms with Crippen LogP contribution in [0.4, 0.5) is 10.1 Å². The van der Waals surface area contributed by atoms with E-state index in [1.807, 2.05) is 0 Å². The monoisotopic (exact) mass is 296 g/mol. The second-order valence-electron chi connectivity index (χ2n) is 3.58. The van der Waals surface area contributed by atoms with Crippen molar-refractivity contribution in [3.8, 4) is 5.88 Å². The van der Waals surface area contributed by atoms with Gasteiger partial charge in [0.25, 0.3) is 0 Å². The number of nitrogens with two attached hydrogens (primary N) is 1. The fourth-order valence-electron chi connectivity index (χ4n) is 1.03. The molecule has 0 saturated heterocycles. The highest BCUT2D eigenvalue weighted by atomic mass is 35.5. The first-order valence-electron chi connectivity index (χ1n) is 4.95. The molecule has 0 bridgehead atoms. The molecule has 0 aliphatic heterocycles. The molecule has 0 fully saturated rings. The predicted octanol–water partition coefficient (Wildman–Crippen LogP) is 2.44. The van der Waals surface area contributed by atoms with E-state index in [9.17, 15) is 9.18 Å². The Hall–Kier alpha value is -1.27. The largest absolute Gasteiger partial charge is 0.464 e. The smallest absolute Gasteiger partial charge is 0.344 e. The van der Waals surface area contributed by atoms with Crippen LogP contribution in [0.15, 0.2) is 0 Å². The summed E-state index contributed by atoms with van der Waals surface area (Å²) in [6.07, 6.45) is -0.281. The van der Waals surface area contributed by atoms with Crippen molar-refractivity contribution >= 4 is 34.9 Å². The van der Waals surface area contributed by atoms with E-state index in [0.717, 1.165) is 0 Å². The van der Waals surface area contributed by atoms with E-state index in [0.29, 0.717) is 0 Å². The van der Waals surface area contributed by atoms with Crippen LogP contribution in [-0.2, 0) is 9.53 Å². The summed E-state index contributed by atoms with van der Waals surface area (Å²) in [7, 11) is 0. The third-order valence-corrected chi connectivity index (χ3v) is 2.46. The molecular weight excluding hydrogens is 286 g/mol. The van der Waals surface area contributed by atoms with Crippen molar-refractivity contribution in [3.05, 3.63) is 16.0 Å². The zero-order chi connectivity index (χ0) is 13.9. The summed E-state index contributed by atoms with van der Waals surface area (Å²) in [5.74, 6) is -1.96. The van der Waals surface area contributed by atoms with Crippen molar-refractivity contribution in [2.75, 3.05) is 12.3 Å². The molecule has 8 heteroatoms. The van der Waals surface area contributed by atoms with Gasteiger partial charge in [-0.05, 0) is 13.8 Å². The number of halogens is 3. The number of aromatic nitrogens is 1. The van der Waals surface area contributed by atoms with E-state index in [-0.39, 0.29) is 22.7 Å². The van der Waals surface area contributed by atoms with Gasteiger partial charge in [-0.2, -0.15) is 9.37 Å². The number of hydrogen-bond donors (Lipinski definition) is 1. The zero-order valence-electron chi connectivity index (χ0n) is 9.67. The molecule has 1 rings (SSSR count). The number of ether oxygens (including phenoxy) is 2. The number of nitrogens with zero attached hydrogens (tertiary/aromatic N) is 1. The first-order valence-corrected chi connectivity index (χ1v) is 5.70. The van der Waals surface area contributed by atoms with Gasteiger partial charge in [-0.25, -0.2) is 4.79 Å². The van der Waals surface area contributed by atoms with Crippen LogP contribution in [-0.4, -0.2) is 23.7 Å². The lowest BCUT2D eigenvalue weighted by atomic mass is 10.4. The van der Waals surface area contributed by atoms with Gasteiger partial charge in [0.2, 0.25) is 11.8 Å². The second-order valence-corrected chi connectivity index (χ2v) is 4.33. The van der Waals surface area contributed by atoms with Crippen LogP contribution in [0.25, 0.3) is 0 Å². The van der Waals surface area contributed by atoms with Crippen molar-refractivity contribution in [3.63, 3.8) is 0 Å². The van der Waals surface area contributed by atoms with E-state index >= 15 is 0 Å². The summed E-state index contributed by atoms with van der Waals surface area (Å²) in [5, 5.41) is -0.546. The highest BCUT2D eigenvalue weighted by Crippen LogP contribution is 2.35. The molecule has 0 radical (unpaired) electrons. The van der Waals surface area contributed by atoms with Crippen molar-refractivity contribution in [2.45, 2.75) is 20.0 Å². The van der Waals surface area contributed by atoms with Gasteiger partial charge in [0.1, 0.15) is 10.0 Å². The van der Waals surface area contributed by atoms with Crippen LogP contribution in [0.5, 0.6) is 5.88 Å². The van der Waals surface area contributed by atoms with Gasteiger partial charge in [0, 0.05) is 0 Å². The second kappa shape index (κ2) is 6.06. The van der Waals surface area contributed by atoms with Crippen molar-refractivity contribution < 1.29 is 18.7 Å². The third kappa shape index (κ3) is 3.61. The summed E-state index contributed by atoms with van der Waals surface area (Å²) < 4.78 is 22.9. The Bertz CT molecular complexity index is 469. The summed E-state index contributed by atoms with van der Waals surface area (Å²) in [6.45, 7) is 2.91. The zero-order valence-corrected chi connectivity index (χ0v) is 11.2. The number of carbonyl (C=O) groups excluding carboxylic acids is 1. The lowest BCUT2D eigenvalue weighted by Gasteiger charge is -2.11. The fraction of sp³-hybridized carbons (Fsp3) is 0.400. The molecule has 18 heavy (non-hydrogen) atoms. The van der Waals surface area contributed by atoms with Crippen LogP contribution in [0.3, 0.4) is 0 Å². The molecule has 1 heterocycles. The van der Waals surface area contributed by atoms with Gasteiger partial charge >= 0.3 is 5.97 Å². The van der Waals surface area contributed by atoms with Gasteiger partial charge in [-0.3, -0.25) is 0 Å². The Morgan fingerprint density at radius 1 is 1.44 bits per heavy atom. The standard InChI is InChI=1S/C10H11Cl2FN2O3/c1-4(2)18-5(16)3-17-10-7(12)8(14)6(11)9(13)15-10/h4H,3H2,1-2H3,(H2,14,15). The van der Waals surface area contributed by atoms with E-state index in [2.05, 4.69) is 4.98 Å². The molecular formula is C10H11Cl2FN2O3. The molecule has 0 aromatic carbocycles. The van der Waals surface area contributed by atoms with Crippen LogP contribution < -0.4 is 10.5 Å². The topological polar surface area (TPSA) is 74.4 Å². The Balaban J connectivity index is 2.77. The lowest BCUT2D eigenvalue weighted by Crippen LogP contribution is -2.19. The number of carbonyl (C=O) groups is 1. The lowest BCUT2D eigenvalue weighted by molar-refractivity contribution is -0.149. The molecule has 0 amide bonds. The van der Waals surface area contributed by atoms with Crippen molar-refractivity contribution in [1.29, 1.82) is 0 Å². The predicted molar refractivity (Wildman–Crippen MR) is 65.4 cm³/mol. The number of rotatable bonds is 4. The summed E-state index contributed by atoms with van der Waals surface area (Å²) >= 11 is 11.2. The Labute approximate surface area is 113 Å². The molecule has 0 unspecified atom stereocenters. The van der Waals surface area contributed by atoms with Gasteiger partial charge in [-0.1, -0.05) is 23.2 Å². The first-order chi connectivity index (χ1) is 8.32. The van der Waals surface area contributed by atoms with Gasteiger partial charge in [-0.15, -0.1) is 0 Å². The van der Waals surface area contributed by atoms with Gasteiger partial charge < -0.3 is 15.2 Å². The molecule has 5 nitrogen and oxygen atoms in total. The maximum atomic E-state index is 13.2. The van der Waals surface area contributed by atoms with Crippen LogP contribution in [0.2, 0.25) is 10.0 Å². The average molecular weight is 297 g/mol. The van der Waals surface area contributed by atoms with Crippen molar-refractivity contribution in [1.82, 2.24) is 4.98 Å². The van der Waals surface area contributed by atoms with Crippen LogP contribution in [0, 0.1) is 5.95 Å². The Morgan fingerprint density at radius 2 is 2.06 bits per heavy atom. The molecule has 0 spiro atoms. The maximum absolute atomic E-state index is 13.2. The molecule has 0 saturated carbocycles. The quantitative estimate of drug-likeness (QED) is 0.682. The van der Waals surface area contributed by atoms with Crippen molar-refractivity contribution in [2.24, 2.45) is 0 Å². The average Bonchev–Trinajstić information content (AvgIpc) is 2.28. The molecule has 100 valence electrons. The maximum Gasteiger partial charge on any atom is 0.344 e. The minimum Gasteiger partial charge on any atom is -0.464 e. The van der Waals surface area contributed by atoms with E-state index in [1.54, 1.807) is 13.8 Å². The molecule has 0 aliphatic carbocycles. The fourth-order valence-corrected chi connectivity index (χ4v) is 1.41. The summed E-state index contributed by atoms with van der Waals surface area (Å²) in [6, 6.07) is 0. The third-order valence-electron chi connectivity index (χ3n) is 1.74. The minimum absolute atomic E-state index is 0.154. The first kappa shape index (κ1) is 14.8. The number of hydrogen-bond acceptors (Lipinski definition) is 5. The van der Waals surface area contributed by atoms with E-state index in [4.69, 9.17) is 38.4 Å². The SMILES string of the molecule is CC(C)OC(=O)COc1nc(F)c(Cl)c(N)c1Cl. The van der Waals surface area contributed by atoms with Crippen LogP contribution >= 0.6 is 23.2 Å². The molecule has 0 aliphatic rings. The highest BCUT2D eigenvalue weighted by molar-refractivity contribution is 6.39. The molecule has 2 N–H and O–H groups in total. The summed E-state index contributed by atoms with van der Waals surface area (Å²) in [4.78, 5) is 14.5. The van der Waals surface area contributed by atoms with Crippen LogP contribution in [0.1, 0.15) is 13.8 Å². The normalized spacial score (nSPS) is 10.6. The number of nitrogen functional groups attached to an aromatic ring is 1. The Kier molecular flexibility index (Phi) is 4.98. The Morgan fingerprint density at radius 3 is 2.61 bits per heavy atom. The van der Waals surface area contributed by atoms with Gasteiger partial charge in [0.05, 0.1) is 11.8 Å². The summed E-state index contributed by atoms with van der Waals surface area (Å²) in [5.41, 5.74) is 5.23. The molecule has 1 aromatic heterocycles. The number of pyridine rings is 1. The number of esters is 1. The van der Waals surface area contributed by atoms with E-state index in [1.165, 1.54) is 0 Å². The molecule has 1 aromatic rings. The number of anilines is 1. The highest BCUT2D eigenvalue weighted by Gasteiger charge is 2.17.